The minimum atomic E-state index is -1.11. The zero-order valence-electron chi connectivity index (χ0n) is 16.0. The van der Waals surface area contributed by atoms with Gasteiger partial charge in [0.1, 0.15) is 0 Å². The van der Waals surface area contributed by atoms with Crippen LogP contribution in [0.2, 0.25) is 0 Å². The molecule has 2 aromatic heterocycles. The first-order valence-corrected chi connectivity index (χ1v) is 9.02. The molecule has 0 aliphatic rings. The first-order valence-electron chi connectivity index (χ1n) is 9.02. The largest absolute Gasteiger partial charge is 0.465 e. The van der Waals surface area contributed by atoms with Crippen molar-refractivity contribution in [2.45, 2.75) is 26.3 Å². The van der Waals surface area contributed by atoms with Crippen LogP contribution in [0.4, 0.5) is 10.5 Å². The summed E-state index contributed by atoms with van der Waals surface area (Å²) >= 11 is 0. The topological polar surface area (TPSA) is 146 Å². The van der Waals surface area contributed by atoms with Gasteiger partial charge in [-0.1, -0.05) is 13.0 Å². The molecule has 0 bridgehead atoms. The minimum Gasteiger partial charge on any atom is -0.465 e. The number of anilines is 1. The van der Waals surface area contributed by atoms with Gasteiger partial charge < -0.3 is 15.7 Å². The number of pyridine rings is 1. The third-order valence-corrected chi connectivity index (χ3v) is 4.40. The van der Waals surface area contributed by atoms with Crippen molar-refractivity contribution in [1.29, 1.82) is 0 Å². The molecule has 4 N–H and O–H groups in total. The average molecular weight is 395 g/mol. The number of H-pyrrole nitrogens is 1. The maximum Gasteiger partial charge on any atom is 0.404 e. The molecule has 0 fully saturated rings. The van der Waals surface area contributed by atoms with Gasteiger partial charge in [0.15, 0.2) is 0 Å². The molecule has 0 saturated heterocycles. The summed E-state index contributed by atoms with van der Waals surface area (Å²) in [6, 6.07) is 8.95. The van der Waals surface area contributed by atoms with Crippen LogP contribution in [0.5, 0.6) is 0 Å². The summed E-state index contributed by atoms with van der Waals surface area (Å²) in [5.74, 6) is -0.287. The number of benzene rings is 1. The quantitative estimate of drug-likeness (QED) is 0.481. The fourth-order valence-electron chi connectivity index (χ4n) is 3.00. The second-order valence-electron chi connectivity index (χ2n) is 6.71. The Bertz CT molecular complexity index is 977. The van der Waals surface area contributed by atoms with Gasteiger partial charge in [0.2, 0.25) is 11.7 Å². The highest BCUT2D eigenvalue weighted by molar-refractivity contribution is 5.96. The van der Waals surface area contributed by atoms with E-state index in [0.717, 1.165) is 11.1 Å². The number of nitrogens with zero attached hydrogens (tertiary/aromatic N) is 4. The predicted octanol–water partition coefficient (Wildman–Crippen LogP) is 2.55. The zero-order chi connectivity index (χ0) is 20.8. The van der Waals surface area contributed by atoms with E-state index < -0.39 is 12.0 Å². The van der Waals surface area contributed by atoms with E-state index in [1.165, 1.54) is 0 Å². The molecule has 2 unspecified atom stereocenters. The van der Waals surface area contributed by atoms with Crippen LogP contribution >= 0.6 is 0 Å². The third-order valence-electron chi connectivity index (χ3n) is 4.40. The fraction of sp³-hybridized carbons (Fsp3) is 0.263. The van der Waals surface area contributed by atoms with Crippen LogP contribution in [0, 0.1) is 5.92 Å². The van der Waals surface area contributed by atoms with Crippen molar-refractivity contribution in [2.24, 2.45) is 5.92 Å². The molecule has 3 aromatic rings. The number of amides is 2. The van der Waals surface area contributed by atoms with Crippen molar-refractivity contribution in [3.8, 4) is 22.5 Å². The summed E-state index contributed by atoms with van der Waals surface area (Å²) in [7, 11) is 0. The van der Waals surface area contributed by atoms with Gasteiger partial charge in [-0.2, -0.15) is 5.21 Å². The molecular weight excluding hydrogens is 374 g/mol. The fourth-order valence-corrected chi connectivity index (χ4v) is 3.00. The van der Waals surface area contributed by atoms with Crippen molar-refractivity contribution < 1.29 is 14.7 Å². The van der Waals surface area contributed by atoms with Crippen LogP contribution in [0.3, 0.4) is 0 Å². The molecule has 0 saturated carbocycles. The van der Waals surface area contributed by atoms with E-state index in [1.54, 1.807) is 32.3 Å². The molecule has 150 valence electrons. The van der Waals surface area contributed by atoms with Gasteiger partial charge in [-0.15, -0.1) is 10.2 Å². The van der Waals surface area contributed by atoms with Gasteiger partial charge >= 0.3 is 6.09 Å². The molecule has 2 amide bonds. The lowest BCUT2D eigenvalue weighted by atomic mass is 10.00. The van der Waals surface area contributed by atoms with E-state index in [9.17, 15) is 9.59 Å². The number of hydrogen-bond donors (Lipinski definition) is 4. The Morgan fingerprint density at radius 3 is 2.55 bits per heavy atom. The smallest absolute Gasteiger partial charge is 0.404 e. The molecule has 2 heterocycles. The predicted molar refractivity (Wildman–Crippen MR) is 106 cm³/mol. The lowest BCUT2D eigenvalue weighted by molar-refractivity contribution is -0.119. The molecular formula is C19H21N7O3. The molecule has 0 aliphatic heterocycles. The summed E-state index contributed by atoms with van der Waals surface area (Å²) in [6.45, 7) is 3.46. The Morgan fingerprint density at radius 2 is 1.90 bits per heavy atom. The molecule has 10 nitrogen and oxygen atoms in total. The van der Waals surface area contributed by atoms with Crippen molar-refractivity contribution >= 4 is 17.7 Å². The van der Waals surface area contributed by atoms with Crippen molar-refractivity contribution in [2.75, 3.05) is 5.32 Å². The van der Waals surface area contributed by atoms with Gasteiger partial charge in [0.25, 0.3) is 0 Å². The summed E-state index contributed by atoms with van der Waals surface area (Å²) < 4.78 is 0. The third kappa shape index (κ3) is 5.12. The van der Waals surface area contributed by atoms with Crippen LogP contribution in [0.15, 0.2) is 42.7 Å². The van der Waals surface area contributed by atoms with Gasteiger partial charge in [-0.3, -0.25) is 9.78 Å². The zero-order valence-corrected chi connectivity index (χ0v) is 16.0. The highest BCUT2D eigenvalue weighted by Crippen LogP contribution is 2.31. The first kappa shape index (κ1) is 19.9. The summed E-state index contributed by atoms with van der Waals surface area (Å²) in [4.78, 5) is 27.4. The number of hydrogen-bond acceptors (Lipinski definition) is 6. The second-order valence-corrected chi connectivity index (χ2v) is 6.71. The molecule has 10 heteroatoms. The maximum absolute atomic E-state index is 12.7. The lowest BCUT2D eigenvalue weighted by Gasteiger charge is -2.18. The number of aromatic nitrogens is 5. The Hall–Kier alpha value is -3.82. The number of aromatic amines is 1. The Labute approximate surface area is 166 Å². The van der Waals surface area contributed by atoms with E-state index in [0.29, 0.717) is 23.5 Å². The SMILES string of the molecule is CC(CC(C)C(=O)Nc1ccc(-c2ccncc2)cc1-c1nn[nH]n1)NC(=O)O. The molecule has 2 atom stereocenters. The Kier molecular flexibility index (Phi) is 6.12. The van der Waals surface area contributed by atoms with E-state index >= 15 is 0 Å². The van der Waals surface area contributed by atoms with Crippen LogP contribution < -0.4 is 10.6 Å². The van der Waals surface area contributed by atoms with E-state index in [1.807, 2.05) is 24.3 Å². The molecule has 0 radical (unpaired) electrons. The first-order chi connectivity index (χ1) is 13.9. The van der Waals surface area contributed by atoms with E-state index in [4.69, 9.17) is 5.11 Å². The van der Waals surface area contributed by atoms with Gasteiger partial charge in [0, 0.05) is 29.9 Å². The standard InChI is InChI=1S/C19H21N7O3/c1-11(9-12(2)21-19(28)29)18(27)22-16-4-3-14(13-5-7-20-8-6-13)10-15(16)17-23-25-26-24-17/h3-8,10-12,21H,9H2,1-2H3,(H,22,27)(H,28,29)(H,23,24,25,26). The maximum atomic E-state index is 12.7. The van der Waals surface area contributed by atoms with Gasteiger partial charge in [0.05, 0.1) is 5.69 Å². The van der Waals surface area contributed by atoms with Gasteiger partial charge in [-0.05, 0) is 54.0 Å². The normalized spacial score (nSPS) is 12.8. The van der Waals surface area contributed by atoms with Crippen LogP contribution in [0.25, 0.3) is 22.5 Å². The lowest BCUT2D eigenvalue weighted by Crippen LogP contribution is -2.34. The summed E-state index contributed by atoms with van der Waals surface area (Å²) in [6.07, 6.45) is 2.65. The van der Waals surface area contributed by atoms with Gasteiger partial charge in [-0.25, -0.2) is 4.79 Å². The summed E-state index contributed by atoms with van der Waals surface area (Å²) in [5.41, 5.74) is 3.03. The second kappa shape index (κ2) is 8.91. The monoisotopic (exact) mass is 395 g/mol. The molecule has 1 aromatic carbocycles. The minimum absolute atomic E-state index is 0.231. The van der Waals surface area contributed by atoms with E-state index in [-0.39, 0.29) is 11.9 Å². The molecule has 0 spiro atoms. The molecule has 29 heavy (non-hydrogen) atoms. The summed E-state index contributed by atoms with van der Waals surface area (Å²) in [5, 5.41) is 28.1. The number of carboxylic acid groups (broad SMARTS) is 1. The van der Waals surface area contributed by atoms with Crippen LogP contribution in [-0.4, -0.2) is 48.8 Å². The number of nitrogens with one attached hydrogen (secondary N) is 3. The van der Waals surface area contributed by atoms with Crippen LogP contribution in [0.1, 0.15) is 20.3 Å². The van der Waals surface area contributed by atoms with Crippen molar-refractivity contribution in [3.63, 3.8) is 0 Å². The molecule has 0 aliphatic carbocycles. The van der Waals surface area contributed by atoms with Crippen molar-refractivity contribution in [3.05, 3.63) is 42.7 Å². The number of rotatable bonds is 7. The number of carbonyl (C=O) groups excluding carboxylic acids is 1. The highest BCUT2D eigenvalue weighted by Gasteiger charge is 2.20. The molecule has 3 rings (SSSR count). The average Bonchev–Trinajstić information content (AvgIpc) is 3.22. The van der Waals surface area contributed by atoms with Crippen molar-refractivity contribution in [1.82, 2.24) is 30.9 Å². The number of tetrazole rings is 1. The highest BCUT2D eigenvalue weighted by atomic mass is 16.4. The Balaban J connectivity index is 1.83. The number of carbonyl (C=O) groups is 2. The van der Waals surface area contributed by atoms with Crippen LogP contribution in [-0.2, 0) is 4.79 Å². The Morgan fingerprint density at radius 1 is 1.14 bits per heavy atom. The van der Waals surface area contributed by atoms with E-state index in [2.05, 4.69) is 36.2 Å².